The topological polar surface area (TPSA) is 23.8 Å². The number of rotatable bonds is 9. The summed E-state index contributed by atoms with van der Waals surface area (Å²) in [6.07, 6.45) is 22.8. The van der Waals surface area contributed by atoms with Gasteiger partial charge in [0.2, 0.25) is 0 Å². The SMILES string of the molecule is CCCCCc1ccc([C@H]2CC[C@H]([C@H]3CC[C@H](CCC=CC#N)CC3)CC2)cc1. The van der Waals surface area contributed by atoms with Crippen LogP contribution in [0, 0.1) is 29.1 Å². The van der Waals surface area contributed by atoms with Crippen molar-refractivity contribution in [3.05, 3.63) is 47.5 Å². The molecule has 1 aromatic carbocycles. The van der Waals surface area contributed by atoms with E-state index in [4.69, 9.17) is 5.26 Å². The highest BCUT2D eigenvalue weighted by atomic mass is 14.4. The molecule has 2 aliphatic rings. The number of allylic oxidation sites excluding steroid dienone is 2. The maximum Gasteiger partial charge on any atom is 0.0908 e. The highest BCUT2D eigenvalue weighted by Crippen LogP contribution is 2.44. The Balaban J connectivity index is 1.37. The predicted octanol–water partition coefficient (Wildman–Crippen LogP) is 8.36. The highest BCUT2D eigenvalue weighted by molar-refractivity contribution is 5.26. The Hall–Kier alpha value is -1.55. The number of hydrogen-bond donors (Lipinski definition) is 0. The number of hydrogen-bond acceptors (Lipinski definition) is 1. The van der Waals surface area contributed by atoms with Gasteiger partial charge in [-0.3, -0.25) is 0 Å². The molecule has 0 heterocycles. The Bertz CT molecular complexity index is 634. The molecule has 0 atom stereocenters. The summed E-state index contributed by atoms with van der Waals surface area (Å²) in [6.45, 7) is 2.28. The number of nitrogens with zero attached hydrogens (tertiary/aromatic N) is 1. The lowest BCUT2D eigenvalue weighted by molar-refractivity contribution is 0.157. The van der Waals surface area contributed by atoms with Gasteiger partial charge in [0.05, 0.1) is 6.07 Å². The molecule has 2 fully saturated rings. The van der Waals surface area contributed by atoms with Gasteiger partial charge in [-0.1, -0.05) is 62.9 Å². The third kappa shape index (κ3) is 7.02. The number of benzene rings is 1. The molecule has 0 unspecified atom stereocenters. The Morgan fingerprint density at radius 2 is 1.55 bits per heavy atom. The van der Waals surface area contributed by atoms with E-state index in [1.165, 1.54) is 89.0 Å². The molecule has 1 aromatic rings. The largest absolute Gasteiger partial charge is 0.193 e. The minimum Gasteiger partial charge on any atom is -0.193 e. The van der Waals surface area contributed by atoms with Crippen molar-refractivity contribution in [1.29, 1.82) is 5.26 Å². The van der Waals surface area contributed by atoms with Gasteiger partial charge in [0, 0.05) is 6.08 Å². The van der Waals surface area contributed by atoms with Crippen LogP contribution in [-0.4, -0.2) is 0 Å². The average Bonchev–Trinajstić information content (AvgIpc) is 2.78. The molecule has 1 nitrogen and oxygen atoms in total. The summed E-state index contributed by atoms with van der Waals surface area (Å²) < 4.78 is 0. The molecule has 3 rings (SSSR count). The van der Waals surface area contributed by atoms with Crippen LogP contribution in [0.4, 0.5) is 0 Å². The van der Waals surface area contributed by atoms with Crippen molar-refractivity contribution in [1.82, 2.24) is 0 Å². The molecule has 2 saturated carbocycles. The number of nitriles is 1. The quantitative estimate of drug-likeness (QED) is 0.306. The first-order valence-electron chi connectivity index (χ1n) is 12.4. The Kier molecular flexibility index (Phi) is 9.33. The van der Waals surface area contributed by atoms with Crippen LogP contribution in [0.25, 0.3) is 0 Å². The second-order valence-electron chi connectivity index (χ2n) is 9.70. The van der Waals surface area contributed by atoms with Gasteiger partial charge in [-0.05, 0) is 99.0 Å². The first kappa shape index (κ1) is 22.1. The third-order valence-electron chi connectivity index (χ3n) is 7.78. The Morgan fingerprint density at radius 1 is 0.897 bits per heavy atom. The van der Waals surface area contributed by atoms with Crippen molar-refractivity contribution < 1.29 is 0 Å². The monoisotopic (exact) mass is 391 g/mol. The minimum absolute atomic E-state index is 0.805. The molecule has 0 radical (unpaired) electrons. The van der Waals surface area contributed by atoms with E-state index in [-0.39, 0.29) is 0 Å². The summed E-state index contributed by atoms with van der Waals surface area (Å²) in [5.41, 5.74) is 3.12. The van der Waals surface area contributed by atoms with Gasteiger partial charge in [0.1, 0.15) is 0 Å². The molecule has 29 heavy (non-hydrogen) atoms. The fourth-order valence-corrected chi connectivity index (χ4v) is 5.88. The van der Waals surface area contributed by atoms with Gasteiger partial charge < -0.3 is 0 Å². The Labute approximate surface area is 179 Å². The zero-order chi connectivity index (χ0) is 20.3. The van der Waals surface area contributed by atoms with E-state index in [1.54, 1.807) is 11.6 Å². The summed E-state index contributed by atoms with van der Waals surface area (Å²) in [5, 5.41) is 8.59. The van der Waals surface area contributed by atoms with Gasteiger partial charge in [0.15, 0.2) is 0 Å². The molecular weight excluding hydrogens is 350 g/mol. The van der Waals surface area contributed by atoms with Gasteiger partial charge >= 0.3 is 0 Å². The third-order valence-corrected chi connectivity index (χ3v) is 7.78. The molecule has 0 saturated heterocycles. The van der Waals surface area contributed by atoms with Gasteiger partial charge in [-0.25, -0.2) is 0 Å². The maximum absolute atomic E-state index is 8.59. The summed E-state index contributed by atoms with van der Waals surface area (Å²) in [5.74, 6) is 3.68. The number of unbranched alkanes of at least 4 members (excludes halogenated alkanes) is 2. The molecule has 2 aliphatic carbocycles. The zero-order valence-corrected chi connectivity index (χ0v) is 18.6. The van der Waals surface area contributed by atoms with E-state index in [0.717, 1.165) is 30.1 Å². The highest BCUT2D eigenvalue weighted by Gasteiger charge is 2.31. The molecular formula is C28H41N. The van der Waals surface area contributed by atoms with Crippen LogP contribution in [0.1, 0.15) is 107 Å². The molecule has 1 heteroatoms. The predicted molar refractivity (Wildman–Crippen MR) is 124 cm³/mol. The first-order chi connectivity index (χ1) is 14.3. The lowest BCUT2D eigenvalue weighted by Gasteiger charge is -2.38. The van der Waals surface area contributed by atoms with E-state index in [2.05, 4.69) is 37.3 Å². The van der Waals surface area contributed by atoms with Crippen LogP contribution in [0.3, 0.4) is 0 Å². The van der Waals surface area contributed by atoms with Crippen LogP contribution in [0.2, 0.25) is 0 Å². The van der Waals surface area contributed by atoms with Crippen molar-refractivity contribution >= 4 is 0 Å². The summed E-state index contributed by atoms with van der Waals surface area (Å²) in [7, 11) is 0. The molecule has 0 spiro atoms. The lowest BCUT2D eigenvalue weighted by Crippen LogP contribution is -2.25. The number of aryl methyl sites for hydroxylation is 1. The van der Waals surface area contributed by atoms with Crippen LogP contribution in [0.15, 0.2) is 36.4 Å². The molecule has 0 bridgehead atoms. The van der Waals surface area contributed by atoms with E-state index >= 15 is 0 Å². The second-order valence-corrected chi connectivity index (χ2v) is 9.70. The van der Waals surface area contributed by atoms with E-state index < -0.39 is 0 Å². The van der Waals surface area contributed by atoms with E-state index in [1.807, 2.05) is 6.08 Å². The van der Waals surface area contributed by atoms with Crippen LogP contribution in [-0.2, 0) is 6.42 Å². The fourth-order valence-electron chi connectivity index (χ4n) is 5.88. The summed E-state index contributed by atoms with van der Waals surface area (Å²) in [6, 6.07) is 11.7. The normalized spacial score (nSPS) is 27.7. The molecule has 158 valence electrons. The standard InChI is InChI=1S/C28H41N/c1-2-3-5-8-23-10-14-25(15-11-23)27-18-20-28(21-19-27)26-16-12-24(13-17-26)9-6-4-7-22-29/h4,7,10-11,14-15,24,26-28H,2-3,5-6,8-9,12-13,16-21H2,1H3/t24-,26-,27-,28-. The van der Waals surface area contributed by atoms with Crippen molar-refractivity contribution in [3.8, 4) is 6.07 Å². The summed E-state index contributed by atoms with van der Waals surface area (Å²) in [4.78, 5) is 0. The lowest BCUT2D eigenvalue weighted by atomic mass is 9.68. The maximum atomic E-state index is 8.59. The van der Waals surface area contributed by atoms with Crippen LogP contribution >= 0.6 is 0 Å². The van der Waals surface area contributed by atoms with Crippen molar-refractivity contribution in [2.75, 3.05) is 0 Å². The molecule has 0 N–H and O–H groups in total. The molecule has 0 aliphatic heterocycles. The average molecular weight is 392 g/mol. The van der Waals surface area contributed by atoms with Crippen molar-refractivity contribution in [2.45, 2.75) is 103 Å². The molecule has 0 aromatic heterocycles. The van der Waals surface area contributed by atoms with Gasteiger partial charge in [-0.2, -0.15) is 5.26 Å². The van der Waals surface area contributed by atoms with E-state index in [0.29, 0.717) is 0 Å². The smallest absolute Gasteiger partial charge is 0.0908 e. The van der Waals surface area contributed by atoms with Crippen LogP contribution in [0.5, 0.6) is 0 Å². The van der Waals surface area contributed by atoms with E-state index in [9.17, 15) is 0 Å². The fraction of sp³-hybridized carbons (Fsp3) is 0.679. The van der Waals surface area contributed by atoms with Crippen molar-refractivity contribution in [2.24, 2.45) is 17.8 Å². The van der Waals surface area contributed by atoms with Crippen molar-refractivity contribution in [3.63, 3.8) is 0 Å². The first-order valence-corrected chi connectivity index (χ1v) is 12.4. The Morgan fingerprint density at radius 3 is 2.17 bits per heavy atom. The summed E-state index contributed by atoms with van der Waals surface area (Å²) >= 11 is 0. The van der Waals surface area contributed by atoms with Gasteiger partial charge in [0.25, 0.3) is 0 Å². The zero-order valence-electron chi connectivity index (χ0n) is 18.6. The minimum atomic E-state index is 0.805. The van der Waals surface area contributed by atoms with Gasteiger partial charge in [-0.15, -0.1) is 0 Å². The molecule has 0 amide bonds. The van der Waals surface area contributed by atoms with Crippen LogP contribution < -0.4 is 0 Å². The second kappa shape index (κ2) is 12.2.